The maximum absolute atomic E-state index is 11.0. The van der Waals surface area contributed by atoms with E-state index in [0.717, 1.165) is 25.9 Å². The molecule has 0 amide bonds. The van der Waals surface area contributed by atoms with Gasteiger partial charge in [0.15, 0.2) is 0 Å². The Morgan fingerprint density at radius 1 is 1.40 bits per heavy atom. The van der Waals surface area contributed by atoms with Crippen molar-refractivity contribution in [2.75, 3.05) is 13.1 Å². The van der Waals surface area contributed by atoms with Gasteiger partial charge in [0.25, 0.3) is 0 Å². The molecule has 2 heterocycles. The summed E-state index contributed by atoms with van der Waals surface area (Å²) in [6.45, 7) is 1.96. The van der Waals surface area contributed by atoms with E-state index in [1.165, 1.54) is 6.42 Å². The smallest absolute Gasteiger partial charge is 0.335 e. The van der Waals surface area contributed by atoms with Gasteiger partial charge in [-0.15, -0.1) is 0 Å². The molecular weight excluding hydrogens is 192 g/mol. The number of piperidine rings is 1. The molecule has 0 saturated carbocycles. The van der Waals surface area contributed by atoms with Crippen molar-refractivity contribution in [1.82, 2.24) is 10.2 Å². The molecule has 2 aliphatic heterocycles. The fourth-order valence-electron chi connectivity index (χ4n) is 2.15. The molecule has 1 unspecified atom stereocenters. The van der Waals surface area contributed by atoms with Crippen LogP contribution in [0.3, 0.4) is 0 Å². The lowest BCUT2D eigenvalue weighted by molar-refractivity contribution is -0.133. The number of carboxylic acids is 1. The van der Waals surface area contributed by atoms with Gasteiger partial charge in [0, 0.05) is 13.1 Å². The Bertz CT molecular complexity index is 304. The summed E-state index contributed by atoms with van der Waals surface area (Å²) in [4.78, 5) is 13.2. The first-order valence-corrected chi connectivity index (χ1v) is 5.39. The van der Waals surface area contributed by atoms with Gasteiger partial charge in [-0.05, 0) is 31.2 Å². The van der Waals surface area contributed by atoms with Crippen molar-refractivity contribution in [2.24, 2.45) is 0 Å². The number of nitrogens with one attached hydrogen (secondary N) is 1. The second kappa shape index (κ2) is 4.49. The molecule has 0 aromatic heterocycles. The monoisotopic (exact) mass is 208 g/mol. The van der Waals surface area contributed by atoms with Crippen molar-refractivity contribution >= 4 is 5.97 Å². The summed E-state index contributed by atoms with van der Waals surface area (Å²) >= 11 is 0. The predicted octanol–water partition coefficient (Wildman–Crippen LogP) is 0.926. The highest BCUT2D eigenvalue weighted by Gasteiger charge is 2.27. The normalized spacial score (nSPS) is 26.9. The van der Waals surface area contributed by atoms with E-state index in [9.17, 15) is 4.79 Å². The first-order valence-electron chi connectivity index (χ1n) is 5.39. The van der Waals surface area contributed by atoms with Crippen LogP contribution in [0.25, 0.3) is 0 Å². The lowest BCUT2D eigenvalue weighted by atomic mass is 10.1. The van der Waals surface area contributed by atoms with E-state index in [1.54, 1.807) is 12.2 Å². The summed E-state index contributed by atoms with van der Waals surface area (Å²) in [7, 11) is 0. The molecule has 4 nitrogen and oxygen atoms in total. The molecule has 0 aromatic carbocycles. The van der Waals surface area contributed by atoms with Gasteiger partial charge in [-0.2, -0.15) is 0 Å². The molecule has 2 N–H and O–H groups in total. The highest BCUT2D eigenvalue weighted by molar-refractivity contribution is 5.88. The minimum Gasteiger partial charge on any atom is -0.478 e. The molecule has 2 rings (SSSR count). The Morgan fingerprint density at radius 3 is 2.80 bits per heavy atom. The van der Waals surface area contributed by atoms with E-state index in [4.69, 9.17) is 5.11 Å². The molecule has 4 heteroatoms. The second-order valence-electron chi connectivity index (χ2n) is 3.95. The Hall–Kier alpha value is -1.29. The first kappa shape index (κ1) is 10.2. The molecule has 0 radical (unpaired) electrons. The van der Waals surface area contributed by atoms with Crippen molar-refractivity contribution < 1.29 is 9.90 Å². The summed E-state index contributed by atoms with van der Waals surface area (Å²) in [6, 6.07) is 0. The fourth-order valence-corrected chi connectivity index (χ4v) is 2.15. The zero-order valence-corrected chi connectivity index (χ0v) is 8.65. The van der Waals surface area contributed by atoms with E-state index in [-0.39, 0.29) is 6.17 Å². The highest BCUT2D eigenvalue weighted by Crippen LogP contribution is 2.17. The molecule has 0 aliphatic carbocycles. The number of carbonyl (C=O) groups is 1. The van der Waals surface area contributed by atoms with E-state index in [1.807, 2.05) is 6.20 Å². The number of hydrogen-bond donors (Lipinski definition) is 2. The van der Waals surface area contributed by atoms with Gasteiger partial charge in [0.05, 0.1) is 5.57 Å². The van der Waals surface area contributed by atoms with Crippen molar-refractivity contribution in [3.63, 3.8) is 0 Å². The summed E-state index contributed by atoms with van der Waals surface area (Å²) in [5.41, 5.74) is 0.444. The molecule has 0 aromatic rings. The zero-order chi connectivity index (χ0) is 10.7. The molecule has 1 atom stereocenters. The summed E-state index contributed by atoms with van der Waals surface area (Å²) < 4.78 is 0. The third-order valence-electron chi connectivity index (χ3n) is 2.92. The molecule has 15 heavy (non-hydrogen) atoms. The van der Waals surface area contributed by atoms with E-state index in [2.05, 4.69) is 10.2 Å². The summed E-state index contributed by atoms with van der Waals surface area (Å²) in [5.74, 6) is -0.831. The SMILES string of the molecule is O=C(O)C1=CC=CNC1N1CCCCC1. The minimum atomic E-state index is -0.831. The maximum Gasteiger partial charge on any atom is 0.335 e. The van der Waals surface area contributed by atoms with Crippen LogP contribution in [-0.2, 0) is 4.79 Å². The Balaban J connectivity index is 2.10. The van der Waals surface area contributed by atoms with Gasteiger partial charge in [-0.25, -0.2) is 4.79 Å². The number of rotatable bonds is 2. The average Bonchev–Trinajstić information content (AvgIpc) is 2.30. The molecule has 0 bridgehead atoms. The number of dihydropyridines is 1. The third-order valence-corrected chi connectivity index (χ3v) is 2.92. The van der Waals surface area contributed by atoms with Crippen LogP contribution in [0.5, 0.6) is 0 Å². The van der Waals surface area contributed by atoms with Gasteiger partial charge >= 0.3 is 5.97 Å². The largest absolute Gasteiger partial charge is 0.478 e. The van der Waals surface area contributed by atoms with E-state index < -0.39 is 5.97 Å². The van der Waals surface area contributed by atoms with Gasteiger partial charge in [0.1, 0.15) is 6.17 Å². The zero-order valence-electron chi connectivity index (χ0n) is 8.65. The van der Waals surface area contributed by atoms with Crippen molar-refractivity contribution in [3.8, 4) is 0 Å². The van der Waals surface area contributed by atoms with Crippen LogP contribution in [0, 0.1) is 0 Å². The summed E-state index contributed by atoms with van der Waals surface area (Å²) in [5, 5.41) is 12.2. The van der Waals surface area contributed by atoms with Gasteiger partial charge in [-0.1, -0.05) is 6.42 Å². The highest BCUT2D eigenvalue weighted by atomic mass is 16.4. The van der Waals surface area contributed by atoms with Crippen LogP contribution in [0.4, 0.5) is 0 Å². The Morgan fingerprint density at radius 2 is 2.13 bits per heavy atom. The number of likely N-dealkylation sites (tertiary alicyclic amines) is 1. The van der Waals surface area contributed by atoms with Crippen LogP contribution < -0.4 is 5.32 Å². The van der Waals surface area contributed by atoms with Crippen LogP contribution in [0.15, 0.2) is 23.9 Å². The van der Waals surface area contributed by atoms with Gasteiger partial charge < -0.3 is 10.4 Å². The van der Waals surface area contributed by atoms with Crippen LogP contribution in [-0.4, -0.2) is 35.2 Å². The van der Waals surface area contributed by atoms with Crippen molar-refractivity contribution in [3.05, 3.63) is 23.9 Å². The molecule has 1 fully saturated rings. The number of hydrogen-bond acceptors (Lipinski definition) is 3. The minimum absolute atomic E-state index is 0.146. The quantitative estimate of drug-likeness (QED) is 0.708. The third kappa shape index (κ3) is 2.21. The van der Waals surface area contributed by atoms with Crippen molar-refractivity contribution in [2.45, 2.75) is 25.4 Å². The number of aliphatic carboxylic acids is 1. The molecule has 82 valence electrons. The molecular formula is C11H16N2O2. The van der Waals surface area contributed by atoms with Gasteiger partial charge in [0.2, 0.25) is 0 Å². The first-order chi connectivity index (χ1) is 7.29. The van der Waals surface area contributed by atoms with Crippen molar-refractivity contribution in [1.29, 1.82) is 0 Å². The van der Waals surface area contributed by atoms with Gasteiger partial charge in [-0.3, -0.25) is 4.90 Å². The second-order valence-corrected chi connectivity index (χ2v) is 3.95. The lowest BCUT2D eigenvalue weighted by Crippen LogP contribution is -2.49. The number of nitrogens with zero attached hydrogens (tertiary/aromatic N) is 1. The number of carboxylic acid groups (broad SMARTS) is 1. The Kier molecular flexibility index (Phi) is 3.06. The standard InChI is InChI=1S/C11H16N2O2/c14-11(15)9-5-4-6-12-10(9)13-7-2-1-3-8-13/h4-6,10,12H,1-3,7-8H2,(H,14,15). The molecule has 2 aliphatic rings. The summed E-state index contributed by atoms with van der Waals surface area (Å²) in [6.07, 6.45) is 8.66. The van der Waals surface area contributed by atoms with Crippen LogP contribution in [0.2, 0.25) is 0 Å². The average molecular weight is 208 g/mol. The topological polar surface area (TPSA) is 52.6 Å². The predicted molar refractivity (Wildman–Crippen MR) is 57.2 cm³/mol. The van der Waals surface area contributed by atoms with E-state index >= 15 is 0 Å². The maximum atomic E-state index is 11.0. The fraction of sp³-hybridized carbons (Fsp3) is 0.545. The molecule has 0 spiro atoms. The van der Waals surface area contributed by atoms with Crippen LogP contribution in [0.1, 0.15) is 19.3 Å². The number of allylic oxidation sites excluding steroid dienone is 2. The lowest BCUT2D eigenvalue weighted by Gasteiger charge is -2.35. The molecule has 1 saturated heterocycles. The Labute approximate surface area is 89.3 Å². The van der Waals surface area contributed by atoms with E-state index in [0.29, 0.717) is 5.57 Å². The van der Waals surface area contributed by atoms with Crippen LogP contribution >= 0.6 is 0 Å².